The van der Waals surface area contributed by atoms with E-state index in [9.17, 15) is 4.79 Å². The maximum atomic E-state index is 11.2. The first-order valence-electron chi connectivity index (χ1n) is 7.35. The fourth-order valence-electron chi connectivity index (χ4n) is 1.75. The molecule has 0 saturated heterocycles. The van der Waals surface area contributed by atoms with Crippen LogP contribution < -0.4 is 0 Å². The van der Waals surface area contributed by atoms with E-state index >= 15 is 0 Å². The summed E-state index contributed by atoms with van der Waals surface area (Å²) in [7, 11) is 0. The van der Waals surface area contributed by atoms with Crippen LogP contribution in [0.5, 0.6) is 0 Å². The number of rotatable bonds is 11. The Morgan fingerprint density at radius 3 is 1.82 bits per heavy atom. The standard InChI is InChI=1S/C15H30O2/c1-4-5-6-7-8-9-10-11-12-13-17-15(16)14(2)3/h14H,4-13H2,1-3H3. The summed E-state index contributed by atoms with van der Waals surface area (Å²) in [4.78, 5) is 11.2. The van der Waals surface area contributed by atoms with Gasteiger partial charge in [0.05, 0.1) is 12.5 Å². The number of hydrogen-bond donors (Lipinski definition) is 0. The van der Waals surface area contributed by atoms with Crippen LogP contribution in [-0.2, 0) is 9.53 Å². The average Bonchev–Trinajstić information content (AvgIpc) is 2.31. The monoisotopic (exact) mass is 242 g/mol. The summed E-state index contributed by atoms with van der Waals surface area (Å²) in [5.74, 6) is -0.0573. The van der Waals surface area contributed by atoms with E-state index in [1.165, 1.54) is 51.4 Å². The molecule has 0 fully saturated rings. The van der Waals surface area contributed by atoms with Crippen molar-refractivity contribution in [3.63, 3.8) is 0 Å². The lowest BCUT2D eigenvalue weighted by atomic mass is 10.1. The molecular formula is C15H30O2. The molecule has 17 heavy (non-hydrogen) atoms. The van der Waals surface area contributed by atoms with E-state index < -0.39 is 0 Å². The highest BCUT2D eigenvalue weighted by Crippen LogP contribution is 2.09. The Bertz CT molecular complexity index is 176. The van der Waals surface area contributed by atoms with Crippen LogP contribution in [0.15, 0.2) is 0 Å². The second-order valence-electron chi connectivity index (χ2n) is 5.15. The molecule has 0 spiro atoms. The van der Waals surface area contributed by atoms with Crippen LogP contribution in [0.3, 0.4) is 0 Å². The van der Waals surface area contributed by atoms with Gasteiger partial charge in [0.25, 0.3) is 0 Å². The number of esters is 1. The van der Waals surface area contributed by atoms with Gasteiger partial charge in [-0.25, -0.2) is 0 Å². The van der Waals surface area contributed by atoms with Crippen molar-refractivity contribution in [2.75, 3.05) is 6.61 Å². The predicted octanol–water partition coefficient (Wildman–Crippen LogP) is 4.72. The molecule has 0 unspecified atom stereocenters. The van der Waals surface area contributed by atoms with Crippen molar-refractivity contribution in [2.24, 2.45) is 5.92 Å². The fourth-order valence-corrected chi connectivity index (χ4v) is 1.75. The summed E-state index contributed by atoms with van der Waals surface area (Å²) < 4.78 is 5.12. The summed E-state index contributed by atoms with van der Waals surface area (Å²) in [6.45, 7) is 6.60. The first kappa shape index (κ1) is 16.5. The predicted molar refractivity (Wildman–Crippen MR) is 73.0 cm³/mol. The lowest BCUT2D eigenvalue weighted by Crippen LogP contribution is -2.12. The molecule has 0 heterocycles. The quantitative estimate of drug-likeness (QED) is 0.387. The minimum atomic E-state index is -0.0652. The van der Waals surface area contributed by atoms with Crippen molar-refractivity contribution >= 4 is 5.97 Å². The van der Waals surface area contributed by atoms with E-state index in [0.29, 0.717) is 6.61 Å². The number of ether oxygens (including phenoxy) is 1. The van der Waals surface area contributed by atoms with E-state index in [4.69, 9.17) is 4.74 Å². The van der Waals surface area contributed by atoms with Gasteiger partial charge >= 0.3 is 5.97 Å². The molecule has 2 heteroatoms. The summed E-state index contributed by atoms with van der Waals surface area (Å²) in [5, 5.41) is 0. The molecule has 0 aliphatic heterocycles. The summed E-state index contributed by atoms with van der Waals surface area (Å²) in [5.41, 5.74) is 0. The maximum absolute atomic E-state index is 11.2. The SMILES string of the molecule is CCCCCCCCCCCOC(=O)C(C)C. The van der Waals surface area contributed by atoms with Crippen LogP contribution in [0.1, 0.15) is 78.6 Å². The van der Waals surface area contributed by atoms with Gasteiger partial charge in [0.15, 0.2) is 0 Å². The number of carbonyl (C=O) groups excluding carboxylic acids is 1. The molecular weight excluding hydrogens is 212 g/mol. The van der Waals surface area contributed by atoms with Gasteiger partial charge in [0.1, 0.15) is 0 Å². The molecule has 0 saturated carbocycles. The van der Waals surface area contributed by atoms with Crippen molar-refractivity contribution in [1.82, 2.24) is 0 Å². The second-order valence-corrected chi connectivity index (χ2v) is 5.15. The molecule has 0 radical (unpaired) electrons. The van der Waals surface area contributed by atoms with Gasteiger partial charge in [-0.2, -0.15) is 0 Å². The van der Waals surface area contributed by atoms with E-state index in [1.54, 1.807) is 0 Å². The first-order chi connectivity index (χ1) is 8.18. The molecule has 0 atom stereocenters. The third-order valence-electron chi connectivity index (χ3n) is 2.96. The zero-order valence-corrected chi connectivity index (χ0v) is 12.0. The molecule has 0 aliphatic carbocycles. The number of unbranched alkanes of at least 4 members (excludes halogenated alkanes) is 8. The average molecular weight is 242 g/mol. The van der Waals surface area contributed by atoms with Crippen molar-refractivity contribution in [1.29, 1.82) is 0 Å². The number of hydrogen-bond acceptors (Lipinski definition) is 2. The zero-order valence-electron chi connectivity index (χ0n) is 12.0. The lowest BCUT2D eigenvalue weighted by Gasteiger charge is -2.06. The largest absolute Gasteiger partial charge is 0.465 e. The number of carbonyl (C=O) groups is 1. The van der Waals surface area contributed by atoms with E-state index in [-0.39, 0.29) is 11.9 Å². The molecule has 0 bridgehead atoms. The molecule has 0 amide bonds. The van der Waals surface area contributed by atoms with Gasteiger partial charge < -0.3 is 4.74 Å². The van der Waals surface area contributed by atoms with Crippen LogP contribution in [0.25, 0.3) is 0 Å². The molecule has 0 rings (SSSR count). The minimum Gasteiger partial charge on any atom is -0.465 e. The third kappa shape index (κ3) is 11.7. The maximum Gasteiger partial charge on any atom is 0.308 e. The minimum absolute atomic E-state index is 0.00793. The third-order valence-corrected chi connectivity index (χ3v) is 2.96. The Kier molecular flexibility index (Phi) is 11.6. The highest BCUT2D eigenvalue weighted by Gasteiger charge is 2.06. The second kappa shape index (κ2) is 11.9. The van der Waals surface area contributed by atoms with Gasteiger partial charge in [0.2, 0.25) is 0 Å². The normalized spacial score (nSPS) is 10.8. The van der Waals surface area contributed by atoms with Crippen LogP contribution in [0.4, 0.5) is 0 Å². The van der Waals surface area contributed by atoms with Gasteiger partial charge in [-0.3, -0.25) is 4.79 Å². The van der Waals surface area contributed by atoms with Crippen molar-refractivity contribution in [2.45, 2.75) is 78.6 Å². The van der Waals surface area contributed by atoms with Crippen LogP contribution in [0, 0.1) is 5.92 Å². The van der Waals surface area contributed by atoms with Crippen molar-refractivity contribution < 1.29 is 9.53 Å². The highest BCUT2D eigenvalue weighted by atomic mass is 16.5. The molecule has 0 aromatic heterocycles. The molecule has 0 aromatic carbocycles. The van der Waals surface area contributed by atoms with Gasteiger partial charge in [-0.15, -0.1) is 0 Å². The Morgan fingerprint density at radius 2 is 1.35 bits per heavy atom. The Labute approximate surface area is 107 Å². The van der Waals surface area contributed by atoms with Gasteiger partial charge in [-0.05, 0) is 6.42 Å². The van der Waals surface area contributed by atoms with Crippen LogP contribution >= 0.6 is 0 Å². The Balaban J connectivity index is 3.06. The van der Waals surface area contributed by atoms with E-state index in [2.05, 4.69) is 6.92 Å². The van der Waals surface area contributed by atoms with Crippen LogP contribution in [0.2, 0.25) is 0 Å². The van der Waals surface area contributed by atoms with Crippen LogP contribution in [-0.4, -0.2) is 12.6 Å². The van der Waals surface area contributed by atoms with Gasteiger partial charge in [0, 0.05) is 0 Å². The Morgan fingerprint density at radius 1 is 0.882 bits per heavy atom. The molecule has 0 aromatic rings. The zero-order chi connectivity index (χ0) is 12.9. The van der Waals surface area contributed by atoms with Crippen molar-refractivity contribution in [3.8, 4) is 0 Å². The van der Waals surface area contributed by atoms with E-state index in [0.717, 1.165) is 6.42 Å². The smallest absolute Gasteiger partial charge is 0.308 e. The topological polar surface area (TPSA) is 26.3 Å². The van der Waals surface area contributed by atoms with E-state index in [1.807, 2.05) is 13.8 Å². The van der Waals surface area contributed by atoms with Crippen molar-refractivity contribution in [3.05, 3.63) is 0 Å². The molecule has 0 aliphatic rings. The molecule has 102 valence electrons. The lowest BCUT2D eigenvalue weighted by molar-refractivity contribution is -0.147. The Hall–Kier alpha value is -0.530. The first-order valence-corrected chi connectivity index (χ1v) is 7.35. The summed E-state index contributed by atoms with van der Waals surface area (Å²) in [6.07, 6.45) is 11.7. The summed E-state index contributed by atoms with van der Waals surface area (Å²) >= 11 is 0. The summed E-state index contributed by atoms with van der Waals surface area (Å²) in [6, 6.07) is 0. The fraction of sp³-hybridized carbons (Fsp3) is 0.933. The molecule has 2 nitrogen and oxygen atoms in total. The molecule has 0 N–H and O–H groups in total. The van der Waals surface area contributed by atoms with Gasteiger partial charge in [-0.1, -0.05) is 72.1 Å². The highest BCUT2D eigenvalue weighted by molar-refractivity contribution is 5.71.